The van der Waals surface area contributed by atoms with E-state index in [9.17, 15) is 8.42 Å². The molecule has 0 saturated heterocycles. The van der Waals surface area contributed by atoms with Gasteiger partial charge in [-0.3, -0.25) is 4.98 Å². The number of rotatable bonds is 4. The number of hydrogen-bond donors (Lipinski definition) is 2. The van der Waals surface area contributed by atoms with Crippen LogP contribution in [0.5, 0.6) is 0 Å². The van der Waals surface area contributed by atoms with Crippen molar-refractivity contribution in [2.24, 2.45) is 5.14 Å². The smallest absolute Gasteiger partial charge is 0.238 e. The molecule has 1 heterocycles. The summed E-state index contributed by atoms with van der Waals surface area (Å²) in [6, 6.07) is 5.19. The fourth-order valence-corrected chi connectivity index (χ4v) is 3.19. The van der Waals surface area contributed by atoms with Crippen molar-refractivity contribution in [1.82, 2.24) is 4.98 Å². The maximum absolute atomic E-state index is 11.5. The van der Waals surface area contributed by atoms with Crippen molar-refractivity contribution in [2.45, 2.75) is 24.8 Å². The number of hydrogen-bond acceptors (Lipinski definition) is 5. The van der Waals surface area contributed by atoms with Crippen LogP contribution in [0, 0.1) is 6.92 Å². The molecule has 3 N–H and O–H groups in total. The van der Waals surface area contributed by atoms with Crippen LogP contribution < -0.4 is 10.5 Å². The van der Waals surface area contributed by atoms with Crippen LogP contribution in [0.4, 0.5) is 5.69 Å². The highest BCUT2D eigenvalue weighted by Crippen LogP contribution is 2.24. The highest BCUT2D eigenvalue weighted by Gasteiger charge is 2.13. The summed E-state index contributed by atoms with van der Waals surface area (Å²) >= 11 is 1.55. The molecule has 0 bridgehead atoms. The summed E-state index contributed by atoms with van der Waals surface area (Å²) in [4.78, 5) is 5.25. The molecular formula is C12H15N3O2S2. The van der Waals surface area contributed by atoms with Gasteiger partial charge in [0.2, 0.25) is 10.0 Å². The Morgan fingerprint density at radius 2 is 2.16 bits per heavy atom. The first kappa shape index (κ1) is 14.0. The summed E-state index contributed by atoms with van der Waals surface area (Å²) in [5.74, 6) is 0. The van der Waals surface area contributed by atoms with Gasteiger partial charge < -0.3 is 5.32 Å². The van der Waals surface area contributed by atoms with Crippen molar-refractivity contribution in [3.63, 3.8) is 0 Å². The lowest BCUT2D eigenvalue weighted by Gasteiger charge is -2.14. The third kappa shape index (κ3) is 3.31. The van der Waals surface area contributed by atoms with Crippen molar-refractivity contribution in [2.75, 3.05) is 5.32 Å². The molecule has 2 rings (SSSR count). The Morgan fingerprint density at radius 1 is 1.42 bits per heavy atom. The second-order valence-electron chi connectivity index (χ2n) is 4.30. The standard InChI is InChI=1S/C12H15N3O2S2/c1-8-3-4-10(5-12(8)19(13,16)17)15-9(2)11-6-14-7-18-11/h3-7,9,15H,1-2H3,(H2,13,16,17). The zero-order chi connectivity index (χ0) is 14.0. The van der Waals surface area contributed by atoms with Crippen LogP contribution in [0.25, 0.3) is 0 Å². The minimum atomic E-state index is -3.70. The molecule has 2 aromatic rings. The molecule has 1 atom stereocenters. The molecule has 1 aromatic heterocycles. The zero-order valence-corrected chi connectivity index (χ0v) is 12.3. The first-order valence-electron chi connectivity index (χ1n) is 5.66. The highest BCUT2D eigenvalue weighted by molar-refractivity contribution is 7.89. The summed E-state index contributed by atoms with van der Waals surface area (Å²) in [6.45, 7) is 3.71. The van der Waals surface area contributed by atoms with Gasteiger partial charge >= 0.3 is 0 Å². The molecule has 7 heteroatoms. The van der Waals surface area contributed by atoms with Crippen LogP contribution in [-0.2, 0) is 10.0 Å². The number of thiazole rings is 1. The Kier molecular flexibility index (Phi) is 3.88. The van der Waals surface area contributed by atoms with E-state index in [1.54, 1.807) is 42.1 Å². The second-order valence-corrected chi connectivity index (χ2v) is 6.74. The number of nitrogens with one attached hydrogen (secondary N) is 1. The molecule has 0 spiro atoms. The van der Waals surface area contributed by atoms with Gasteiger partial charge in [0.25, 0.3) is 0 Å². The Morgan fingerprint density at radius 3 is 2.74 bits per heavy atom. The Hall–Kier alpha value is -1.44. The van der Waals surface area contributed by atoms with Crippen LogP contribution >= 0.6 is 11.3 Å². The first-order valence-corrected chi connectivity index (χ1v) is 8.09. The number of nitrogens with zero attached hydrogens (tertiary/aromatic N) is 1. The molecule has 0 aliphatic carbocycles. The molecular weight excluding hydrogens is 282 g/mol. The Labute approximate surface area is 116 Å². The number of aryl methyl sites for hydroxylation is 1. The van der Waals surface area contributed by atoms with Crippen molar-refractivity contribution < 1.29 is 8.42 Å². The van der Waals surface area contributed by atoms with Crippen LogP contribution in [0.15, 0.2) is 34.8 Å². The van der Waals surface area contributed by atoms with Crippen molar-refractivity contribution in [3.8, 4) is 0 Å². The summed E-state index contributed by atoms with van der Waals surface area (Å²) < 4.78 is 22.9. The van der Waals surface area contributed by atoms with E-state index in [0.29, 0.717) is 5.56 Å². The van der Waals surface area contributed by atoms with Gasteiger partial charge in [-0.25, -0.2) is 13.6 Å². The number of sulfonamides is 1. The lowest BCUT2D eigenvalue weighted by Crippen LogP contribution is -2.14. The Balaban J connectivity index is 2.27. The fourth-order valence-electron chi connectivity index (χ4n) is 1.76. The van der Waals surface area contributed by atoms with E-state index in [0.717, 1.165) is 10.6 Å². The fraction of sp³-hybridized carbons (Fsp3) is 0.250. The van der Waals surface area contributed by atoms with E-state index in [1.165, 1.54) is 0 Å². The molecule has 19 heavy (non-hydrogen) atoms. The highest BCUT2D eigenvalue weighted by atomic mass is 32.2. The molecule has 5 nitrogen and oxygen atoms in total. The number of benzene rings is 1. The van der Waals surface area contributed by atoms with Crippen molar-refractivity contribution >= 4 is 27.0 Å². The van der Waals surface area contributed by atoms with Gasteiger partial charge in [-0.05, 0) is 31.5 Å². The summed E-state index contributed by atoms with van der Waals surface area (Å²) in [5, 5.41) is 8.42. The van der Waals surface area contributed by atoms with Gasteiger partial charge in [-0.1, -0.05) is 6.07 Å². The van der Waals surface area contributed by atoms with E-state index in [2.05, 4.69) is 10.3 Å². The molecule has 1 unspecified atom stereocenters. The topological polar surface area (TPSA) is 85.1 Å². The minimum absolute atomic E-state index is 0.0588. The maximum Gasteiger partial charge on any atom is 0.238 e. The summed E-state index contributed by atoms with van der Waals surface area (Å²) in [6.07, 6.45) is 1.79. The second kappa shape index (κ2) is 5.28. The third-order valence-corrected chi connectivity index (χ3v) is 4.77. The molecule has 0 fully saturated rings. The average Bonchev–Trinajstić information content (AvgIpc) is 2.83. The SMILES string of the molecule is Cc1ccc(NC(C)c2cncs2)cc1S(N)(=O)=O. The van der Waals surface area contributed by atoms with Gasteiger partial charge in [0, 0.05) is 16.8 Å². The molecule has 0 amide bonds. The van der Waals surface area contributed by atoms with Crippen LogP contribution in [0.2, 0.25) is 0 Å². The average molecular weight is 297 g/mol. The predicted octanol–water partition coefficient (Wildman–Crippen LogP) is 2.27. The van der Waals surface area contributed by atoms with Crippen LogP contribution in [0.3, 0.4) is 0 Å². The van der Waals surface area contributed by atoms with E-state index in [-0.39, 0.29) is 10.9 Å². The molecule has 1 aromatic carbocycles. The molecule has 102 valence electrons. The maximum atomic E-state index is 11.5. The number of aromatic nitrogens is 1. The van der Waals surface area contributed by atoms with Gasteiger partial charge in [-0.2, -0.15) is 0 Å². The lowest BCUT2D eigenvalue weighted by atomic mass is 10.2. The zero-order valence-electron chi connectivity index (χ0n) is 10.6. The minimum Gasteiger partial charge on any atom is -0.378 e. The van der Waals surface area contributed by atoms with Gasteiger partial charge in [0.1, 0.15) is 0 Å². The monoisotopic (exact) mass is 297 g/mol. The van der Waals surface area contributed by atoms with Crippen LogP contribution in [0.1, 0.15) is 23.4 Å². The van der Waals surface area contributed by atoms with Gasteiger partial charge in [0.05, 0.1) is 16.4 Å². The lowest BCUT2D eigenvalue weighted by molar-refractivity contribution is 0.597. The predicted molar refractivity (Wildman–Crippen MR) is 76.7 cm³/mol. The van der Waals surface area contributed by atoms with Crippen molar-refractivity contribution in [1.29, 1.82) is 0 Å². The summed E-state index contributed by atoms with van der Waals surface area (Å²) in [7, 11) is -3.70. The van der Waals surface area contributed by atoms with Gasteiger partial charge in [0.15, 0.2) is 0 Å². The molecule has 0 aliphatic rings. The van der Waals surface area contributed by atoms with E-state index < -0.39 is 10.0 Å². The van der Waals surface area contributed by atoms with Crippen LogP contribution in [-0.4, -0.2) is 13.4 Å². The largest absolute Gasteiger partial charge is 0.378 e. The number of primary sulfonamides is 1. The molecule has 0 saturated carbocycles. The third-order valence-electron chi connectivity index (χ3n) is 2.76. The quantitative estimate of drug-likeness (QED) is 0.906. The Bertz CT molecular complexity index is 666. The van der Waals surface area contributed by atoms with E-state index in [1.807, 2.05) is 13.0 Å². The first-order chi connectivity index (χ1) is 8.88. The van der Waals surface area contributed by atoms with E-state index in [4.69, 9.17) is 5.14 Å². The van der Waals surface area contributed by atoms with Gasteiger partial charge in [-0.15, -0.1) is 11.3 Å². The van der Waals surface area contributed by atoms with Crippen molar-refractivity contribution in [3.05, 3.63) is 40.3 Å². The molecule has 0 radical (unpaired) electrons. The number of nitrogens with two attached hydrogens (primary N) is 1. The summed E-state index contributed by atoms with van der Waals surface area (Å²) in [5.41, 5.74) is 3.12. The number of anilines is 1. The molecule has 0 aliphatic heterocycles. The van der Waals surface area contributed by atoms with E-state index >= 15 is 0 Å². The normalized spacial score (nSPS) is 13.2.